The molecule has 0 heterocycles. The lowest BCUT2D eigenvalue weighted by molar-refractivity contribution is -0.131. The maximum atomic E-state index is 12.4. The van der Waals surface area contributed by atoms with Crippen molar-refractivity contribution in [3.05, 3.63) is 29.8 Å². The van der Waals surface area contributed by atoms with Crippen molar-refractivity contribution >= 4 is 29.4 Å². The fourth-order valence-corrected chi connectivity index (χ4v) is 2.75. The molecule has 0 fully saturated rings. The average molecular weight is 554 g/mol. The Balaban J connectivity index is -0.00000100. The molecule has 6 N–H and O–H groups in total. The summed E-state index contributed by atoms with van der Waals surface area (Å²) in [6.45, 7) is 19.2. The van der Waals surface area contributed by atoms with Gasteiger partial charge < -0.3 is 31.7 Å². The molecule has 0 bridgehead atoms. The quantitative estimate of drug-likeness (QED) is 0.217. The van der Waals surface area contributed by atoms with E-state index in [4.69, 9.17) is 10.5 Å². The van der Waals surface area contributed by atoms with Gasteiger partial charge in [-0.1, -0.05) is 74.4 Å². The maximum absolute atomic E-state index is 12.4. The fraction of sp³-hybridized carbons (Fsp3) is 0.655. The summed E-state index contributed by atoms with van der Waals surface area (Å²) in [6, 6.07) is 6.41. The van der Waals surface area contributed by atoms with Crippen molar-refractivity contribution < 1.29 is 23.9 Å². The van der Waals surface area contributed by atoms with Crippen LogP contribution < -0.4 is 27.0 Å². The number of nitrogens with one attached hydrogen (secondary N) is 4. The predicted octanol–water partition coefficient (Wildman–Crippen LogP) is 4.38. The normalized spacial score (nSPS) is 10.2. The molecule has 10 nitrogen and oxygen atoms in total. The minimum atomic E-state index is -0.699. The van der Waals surface area contributed by atoms with Gasteiger partial charge in [0.15, 0.2) is 0 Å². The monoisotopic (exact) mass is 553 g/mol. The van der Waals surface area contributed by atoms with Crippen LogP contribution in [0.4, 0.5) is 10.5 Å². The highest BCUT2D eigenvalue weighted by molar-refractivity contribution is 5.96. The molecule has 10 heteroatoms. The van der Waals surface area contributed by atoms with E-state index in [1.54, 1.807) is 0 Å². The van der Waals surface area contributed by atoms with E-state index in [0.717, 1.165) is 19.3 Å². The highest BCUT2D eigenvalue weighted by Gasteiger charge is 2.24. The Bertz CT molecular complexity index is 770. The molecule has 0 aliphatic carbocycles. The van der Waals surface area contributed by atoms with E-state index in [1.807, 2.05) is 79.7 Å². The minimum absolute atomic E-state index is 0.106. The highest BCUT2D eigenvalue weighted by Crippen LogP contribution is 2.09. The number of carbonyl (C=O) groups is 4. The summed E-state index contributed by atoms with van der Waals surface area (Å²) in [5.74, 6) is -1.05. The van der Waals surface area contributed by atoms with Crippen LogP contribution >= 0.6 is 0 Å². The molecule has 1 atom stereocenters. The fourth-order valence-electron chi connectivity index (χ4n) is 2.75. The standard InChI is InChI=1S/C21H33N3O4.C4H10N2O.2C2H6/c1-5-12-28-13-11-18(25)24-20(15(3)4)21(27)22-14-19(26)23-17-9-7-16(6-2)8-10-17;1-2-3-6-4(5)7;2*1-2/h7-10,15,20H,5-6,11-14H2,1-4H3,(H,22,27)(H,23,26)(H,24,25);2-3H2,1H3,(H3,5,6,7);2*1-2H3. The summed E-state index contributed by atoms with van der Waals surface area (Å²) in [5, 5.41) is 10.5. The van der Waals surface area contributed by atoms with E-state index in [9.17, 15) is 19.2 Å². The summed E-state index contributed by atoms with van der Waals surface area (Å²) < 4.78 is 5.29. The number of hydrogen-bond acceptors (Lipinski definition) is 5. The predicted molar refractivity (Wildman–Crippen MR) is 161 cm³/mol. The second-order valence-corrected chi connectivity index (χ2v) is 8.26. The van der Waals surface area contributed by atoms with Crippen molar-refractivity contribution in [2.24, 2.45) is 11.7 Å². The number of urea groups is 1. The van der Waals surface area contributed by atoms with E-state index in [0.29, 0.717) is 25.4 Å². The summed E-state index contributed by atoms with van der Waals surface area (Å²) in [4.78, 5) is 46.3. The van der Waals surface area contributed by atoms with Crippen LogP contribution in [0.5, 0.6) is 0 Å². The SMILES string of the molecule is CC.CC.CCCNC(N)=O.CCCOCCC(=O)NC(C(=O)NCC(=O)Nc1ccc(CC)cc1)C(C)C. The zero-order valence-electron chi connectivity index (χ0n) is 25.7. The van der Waals surface area contributed by atoms with Crippen LogP contribution in [0.15, 0.2) is 24.3 Å². The van der Waals surface area contributed by atoms with Crippen LogP contribution in [0.25, 0.3) is 0 Å². The lowest BCUT2D eigenvalue weighted by Gasteiger charge is -2.21. The van der Waals surface area contributed by atoms with Crippen LogP contribution in [0.3, 0.4) is 0 Å². The first kappa shape index (κ1) is 40.4. The van der Waals surface area contributed by atoms with Crippen LogP contribution in [0.1, 0.15) is 87.1 Å². The molecule has 0 aliphatic heterocycles. The first-order valence-corrected chi connectivity index (χ1v) is 14.2. The highest BCUT2D eigenvalue weighted by atomic mass is 16.5. The number of anilines is 1. The van der Waals surface area contributed by atoms with Gasteiger partial charge in [-0.05, 0) is 42.9 Å². The van der Waals surface area contributed by atoms with Crippen molar-refractivity contribution in [3.8, 4) is 0 Å². The Morgan fingerprint density at radius 1 is 0.846 bits per heavy atom. The molecule has 0 aromatic heterocycles. The second-order valence-electron chi connectivity index (χ2n) is 8.26. The first-order valence-electron chi connectivity index (χ1n) is 14.2. The molecular weight excluding hydrogens is 498 g/mol. The van der Waals surface area contributed by atoms with Crippen LogP contribution in [-0.4, -0.2) is 56.1 Å². The van der Waals surface area contributed by atoms with Gasteiger partial charge in [-0.3, -0.25) is 14.4 Å². The number of primary amides is 1. The topological polar surface area (TPSA) is 152 Å². The van der Waals surface area contributed by atoms with Gasteiger partial charge in [-0.15, -0.1) is 0 Å². The van der Waals surface area contributed by atoms with Crippen LogP contribution in [0, 0.1) is 5.92 Å². The molecule has 39 heavy (non-hydrogen) atoms. The largest absolute Gasteiger partial charge is 0.381 e. The van der Waals surface area contributed by atoms with E-state index < -0.39 is 12.1 Å². The lowest BCUT2D eigenvalue weighted by Crippen LogP contribution is -2.51. The van der Waals surface area contributed by atoms with Gasteiger partial charge in [0.05, 0.1) is 13.2 Å². The molecule has 5 amide bonds. The number of ether oxygens (including phenoxy) is 1. The first-order chi connectivity index (χ1) is 18.6. The van der Waals surface area contributed by atoms with Crippen molar-refractivity contribution in [3.63, 3.8) is 0 Å². The number of aryl methyl sites for hydroxylation is 1. The molecule has 1 aromatic carbocycles. The number of hydrogen-bond donors (Lipinski definition) is 5. The Morgan fingerprint density at radius 2 is 1.44 bits per heavy atom. The van der Waals surface area contributed by atoms with Crippen LogP contribution in [-0.2, 0) is 25.5 Å². The second kappa shape index (κ2) is 27.9. The van der Waals surface area contributed by atoms with E-state index in [2.05, 4.69) is 28.2 Å². The van der Waals surface area contributed by atoms with E-state index >= 15 is 0 Å². The lowest BCUT2D eigenvalue weighted by atomic mass is 10.0. The van der Waals surface area contributed by atoms with Gasteiger partial charge in [0.1, 0.15) is 6.04 Å². The third kappa shape index (κ3) is 23.7. The number of benzene rings is 1. The molecule has 1 aromatic rings. The smallest absolute Gasteiger partial charge is 0.312 e. The van der Waals surface area contributed by atoms with E-state index in [1.165, 1.54) is 5.56 Å². The van der Waals surface area contributed by atoms with Crippen molar-refractivity contribution in [2.45, 2.75) is 94.0 Å². The zero-order valence-corrected chi connectivity index (χ0v) is 25.7. The third-order valence-corrected chi connectivity index (χ3v) is 4.71. The van der Waals surface area contributed by atoms with Crippen molar-refractivity contribution in [1.29, 1.82) is 0 Å². The van der Waals surface area contributed by atoms with Gasteiger partial charge in [0.2, 0.25) is 17.7 Å². The molecule has 0 spiro atoms. The molecule has 1 unspecified atom stereocenters. The van der Waals surface area contributed by atoms with Crippen LogP contribution in [0.2, 0.25) is 0 Å². The van der Waals surface area contributed by atoms with E-state index in [-0.39, 0.29) is 36.6 Å². The molecule has 0 saturated carbocycles. The molecule has 226 valence electrons. The zero-order chi connectivity index (χ0) is 30.6. The Labute approximate surface area is 236 Å². The maximum Gasteiger partial charge on any atom is 0.312 e. The summed E-state index contributed by atoms with van der Waals surface area (Å²) in [7, 11) is 0. The van der Waals surface area contributed by atoms with Crippen molar-refractivity contribution in [1.82, 2.24) is 16.0 Å². The van der Waals surface area contributed by atoms with Gasteiger partial charge in [-0.2, -0.15) is 0 Å². The summed E-state index contributed by atoms with van der Waals surface area (Å²) in [5.41, 5.74) is 6.59. The molecule has 1 rings (SSSR count). The minimum Gasteiger partial charge on any atom is -0.381 e. The number of carbonyl (C=O) groups excluding carboxylic acids is 4. The van der Waals surface area contributed by atoms with Gasteiger partial charge in [-0.25, -0.2) is 4.79 Å². The number of amides is 5. The molecule has 0 saturated heterocycles. The number of rotatable bonds is 14. The van der Waals surface area contributed by atoms with Crippen molar-refractivity contribution in [2.75, 3.05) is 31.6 Å². The molecular formula is C29H55N5O5. The Hall–Kier alpha value is -3.14. The van der Waals surface area contributed by atoms with Gasteiger partial charge >= 0.3 is 6.03 Å². The van der Waals surface area contributed by atoms with Gasteiger partial charge in [0.25, 0.3) is 0 Å². The molecule has 0 radical (unpaired) electrons. The summed E-state index contributed by atoms with van der Waals surface area (Å²) >= 11 is 0. The summed E-state index contributed by atoms with van der Waals surface area (Å²) in [6.07, 6.45) is 2.95. The Morgan fingerprint density at radius 3 is 1.87 bits per heavy atom. The average Bonchev–Trinajstić information content (AvgIpc) is 2.94. The third-order valence-electron chi connectivity index (χ3n) is 4.71. The van der Waals surface area contributed by atoms with Gasteiger partial charge in [0, 0.05) is 25.3 Å². The molecule has 0 aliphatic rings. The number of nitrogens with two attached hydrogens (primary N) is 1. The Kier molecular flexibility index (Phi) is 28.9.